The van der Waals surface area contributed by atoms with Gasteiger partial charge in [-0.05, 0) is 104 Å². The number of hydrogen-bond donors (Lipinski definition) is 1. The third-order valence-electron chi connectivity index (χ3n) is 12.1. The molecule has 1 aromatic heterocycles. The predicted molar refractivity (Wildman–Crippen MR) is 255 cm³/mol. The van der Waals surface area contributed by atoms with Crippen molar-refractivity contribution in [1.29, 1.82) is 0 Å². The number of rotatable bonds is 18. The third kappa shape index (κ3) is 11.6. The van der Waals surface area contributed by atoms with Crippen LogP contribution in [0, 0.1) is 19.3 Å². The summed E-state index contributed by atoms with van der Waals surface area (Å²) >= 11 is 7.02. The van der Waals surface area contributed by atoms with Crippen LogP contribution in [0.1, 0.15) is 153 Å². The Morgan fingerprint density at radius 2 is 1.50 bits per heavy atom. The first-order valence-electron chi connectivity index (χ1n) is 22.6. The number of hydrogen-bond acceptors (Lipinski definition) is 5. The van der Waals surface area contributed by atoms with Gasteiger partial charge in [-0.25, -0.2) is 8.89 Å². The smallest absolute Gasteiger partial charge is 0.275 e. The van der Waals surface area contributed by atoms with Gasteiger partial charge in [-0.3, -0.25) is 19.1 Å². The first-order chi connectivity index (χ1) is 29.9. The van der Waals surface area contributed by atoms with E-state index in [1.807, 2.05) is 74.2 Å². The van der Waals surface area contributed by atoms with Crippen LogP contribution in [0.25, 0.3) is 16.5 Å². The number of carbonyl (C=O) groups excluding carboxylic acids is 3. The summed E-state index contributed by atoms with van der Waals surface area (Å²) in [6.45, 7) is 18.8. The van der Waals surface area contributed by atoms with Gasteiger partial charge in [0.2, 0.25) is 0 Å². The van der Waals surface area contributed by atoms with Crippen molar-refractivity contribution in [1.82, 2.24) is 24.3 Å². The largest absolute Gasteiger partial charge is 0.337 e. The van der Waals surface area contributed by atoms with Gasteiger partial charge in [-0.2, -0.15) is 5.10 Å². The number of unbranched alkanes of at least 4 members (excludes halogenated alkanes) is 3. The van der Waals surface area contributed by atoms with E-state index < -0.39 is 16.9 Å². The zero-order valence-corrected chi connectivity index (χ0v) is 39.7. The summed E-state index contributed by atoms with van der Waals surface area (Å²) in [5, 5.41) is 7.00. The summed E-state index contributed by atoms with van der Waals surface area (Å²) in [4.78, 5) is 47.0. The topological polar surface area (TPSA) is 105 Å². The summed E-state index contributed by atoms with van der Waals surface area (Å²) in [7, 11) is -1.86. The number of carbonyl (C=O) groups is 3. The van der Waals surface area contributed by atoms with Crippen LogP contribution in [0.2, 0.25) is 5.02 Å². The molecule has 62 heavy (non-hydrogen) atoms. The molecule has 0 bridgehead atoms. The van der Waals surface area contributed by atoms with E-state index in [0.29, 0.717) is 48.9 Å². The van der Waals surface area contributed by atoms with E-state index in [2.05, 4.69) is 38.5 Å². The predicted octanol–water partition coefficient (Wildman–Crippen LogP) is 12.0. The van der Waals surface area contributed by atoms with Crippen LogP contribution in [-0.4, -0.2) is 61.1 Å². The van der Waals surface area contributed by atoms with Crippen LogP contribution in [0.5, 0.6) is 0 Å². The minimum atomic E-state index is -1.86. The summed E-state index contributed by atoms with van der Waals surface area (Å²) in [5.74, 6) is -1.11. The standard InChI is InChI=1S/C49H60ClN5O4S.C2H6/c1-7-10-24-49(6,25-11-8-2)26-29-53(27-12-9-3)48(58)45-44(50)35(5)55(51-45)43-22-20-38(32-42(43)47(57)54-28-23-36-15-13-14-16-39(36)33-54)46(56)52-60(59)41-21-19-37-18-17-34(4)30-40(37)31-41;1-2/h13-22,30-32H,7-12,23-29,33H2,1-6H3,(H,52,56);1-2H3. The molecule has 11 heteroatoms. The van der Waals surface area contributed by atoms with E-state index in [1.54, 1.807) is 34.7 Å². The Morgan fingerprint density at radius 3 is 2.19 bits per heavy atom. The van der Waals surface area contributed by atoms with Gasteiger partial charge in [0.15, 0.2) is 16.7 Å². The van der Waals surface area contributed by atoms with Crippen LogP contribution >= 0.6 is 11.6 Å². The molecular formula is C51H66ClN5O4S. The van der Waals surface area contributed by atoms with Crippen molar-refractivity contribution < 1.29 is 18.6 Å². The van der Waals surface area contributed by atoms with Crippen molar-refractivity contribution in [3.05, 3.63) is 123 Å². The molecule has 2 heterocycles. The zero-order chi connectivity index (χ0) is 45.0. The molecule has 1 N–H and O–H groups in total. The lowest BCUT2D eigenvalue weighted by atomic mass is 9.77. The maximum atomic E-state index is 14.7. The van der Waals surface area contributed by atoms with Crippen LogP contribution in [0.4, 0.5) is 0 Å². The summed E-state index contributed by atoms with van der Waals surface area (Å²) in [6.07, 6.45) is 10.2. The number of benzene rings is 4. The highest BCUT2D eigenvalue weighted by Gasteiger charge is 2.31. The number of aryl methyl sites for hydroxylation is 1. The van der Waals surface area contributed by atoms with Gasteiger partial charge in [0.25, 0.3) is 17.7 Å². The molecule has 9 nitrogen and oxygen atoms in total. The van der Waals surface area contributed by atoms with Gasteiger partial charge in [-0.15, -0.1) is 0 Å². The second kappa shape index (κ2) is 22.5. The fourth-order valence-electron chi connectivity index (χ4n) is 8.19. The van der Waals surface area contributed by atoms with Crippen LogP contribution in [-0.2, 0) is 24.0 Å². The van der Waals surface area contributed by atoms with Gasteiger partial charge in [0.1, 0.15) is 0 Å². The number of nitrogens with one attached hydrogen (secondary N) is 1. The third-order valence-corrected chi connectivity index (χ3v) is 13.6. The van der Waals surface area contributed by atoms with Crippen molar-refractivity contribution in [2.24, 2.45) is 5.41 Å². The SMILES string of the molecule is CC.CCCCN(CCC(C)(CCCC)CCCC)C(=O)c1nn(-c2ccc(C(=O)NS(=O)c3ccc4ccc(C)cc4c3)cc2C(=O)N2CCc3ccccc3C2)c(C)c1Cl. The van der Waals surface area contributed by atoms with E-state index in [-0.39, 0.29) is 39.1 Å². The first-order valence-corrected chi connectivity index (χ1v) is 24.2. The Bertz CT molecular complexity index is 2370. The zero-order valence-electron chi connectivity index (χ0n) is 38.1. The highest BCUT2D eigenvalue weighted by atomic mass is 35.5. The number of nitrogens with zero attached hydrogens (tertiary/aromatic N) is 4. The molecule has 1 unspecified atom stereocenters. The van der Waals surface area contributed by atoms with E-state index in [4.69, 9.17) is 16.7 Å². The number of halogens is 1. The highest BCUT2D eigenvalue weighted by Crippen LogP contribution is 2.35. The van der Waals surface area contributed by atoms with Gasteiger partial charge in [-0.1, -0.05) is 139 Å². The quantitative estimate of drug-likeness (QED) is 0.0944. The second-order valence-corrected chi connectivity index (χ2v) is 18.4. The van der Waals surface area contributed by atoms with Crippen molar-refractivity contribution in [2.45, 2.75) is 131 Å². The van der Waals surface area contributed by atoms with Gasteiger partial charge in [0, 0.05) is 31.7 Å². The number of amides is 3. The molecule has 1 aliphatic heterocycles. The fraction of sp³-hybridized carbons (Fsp3) is 0.451. The molecule has 6 rings (SSSR count). The van der Waals surface area contributed by atoms with Gasteiger partial charge < -0.3 is 9.80 Å². The Kier molecular flexibility index (Phi) is 17.5. The van der Waals surface area contributed by atoms with E-state index in [1.165, 1.54) is 11.6 Å². The van der Waals surface area contributed by atoms with E-state index >= 15 is 0 Å². The maximum Gasteiger partial charge on any atom is 0.275 e. The molecule has 0 fully saturated rings. The molecule has 0 saturated heterocycles. The molecule has 4 aromatic carbocycles. The average molecular weight is 881 g/mol. The van der Waals surface area contributed by atoms with E-state index in [9.17, 15) is 18.6 Å². The molecular weight excluding hydrogens is 814 g/mol. The Labute approximate surface area is 377 Å². The molecule has 0 aliphatic carbocycles. The van der Waals surface area contributed by atoms with Crippen molar-refractivity contribution >= 4 is 51.1 Å². The summed E-state index contributed by atoms with van der Waals surface area (Å²) in [6, 6.07) is 24.3. The van der Waals surface area contributed by atoms with Crippen molar-refractivity contribution in [3.8, 4) is 5.69 Å². The minimum absolute atomic E-state index is 0.134. The van der Waals surface area contributed by atoms with Crippen molar-refractivity contribution in [3.63, 3.8) is 0 Å². The fourth-order valence-corrected chi connectivity index (χ4v) is 9.22. The molecule has 1 atom stereocenters. The average Bonchev–Trinajstić information content (AvgIpc) is 3.59. The number of fused-ring (bicyclic) bond motifs is 2. The normalized spacial score (nSPS) is 13.0. The lowest BCUT2D eigenvalue weighted by Crippen LogP contribution is -2.37. The summed E-state index contributed by atoms with van der Waals surface area (Å²) in [5.41, 5.74) is 4.90. The molecule has 0 radical (unpaired) electrons. The monoisotopic (exact) mass is 879 g/mol. The molecule has 5 aromatic rings. The lowest BCUT2D eigenvalue weighted by molar-refractivity contribution is 0.0712. The molecule has 332 valence electrons. The Morgan fingerprint density at radius 1 is 0.823 bits per heavy atom. The first kappa shape index (κ1) is 48.2. The minimum Gasteiger partial charge on any atom is -0.337 e. The molecule has 0 spiro atoms. The maximum absolute atomic E-state index is 14.7. The number of aromatic nitrogens is 2. The second-order valence-electron chi connectivity index (χ2n) is 16.8. The summed E-state index contributed by atoms with van der Waals surface area (Å²) < 4.78 is 17.7. The highest BCUT2D eigenvalue weighted by molar-refractivity contribution is 7.83. The Balaban J connectivity index is 0.00000358. The van der Waals surface area contributed by atoms with Crippen LogP contribution < -0.4 is 4.72 Å². The van der Waals surface area contributed by atoms with Crippen LogP contribution in [0.3, 0.4) is 0 Å². The van der Waals surface area contributed by atoms with Gasteiger partial charge >= 0.3 is 0 Å². The van der Waals surface area contributed by atoms with Crippen LogP contribution in [0.15, 0.2) is 83.8 Å². The molecule has 0 saturated carbocycles. The van der Waals surface area contributed by atoms with Gasteiger partial charge in [0.05, 0.1) is 26.9 Å². The molecule has 1 aliphatic rings. The molecule has 3 amide bonds. The van der Waals surface area contributed by atoms with E-state index in [0.717, 1.165) is 79.7 Å². The lowest BCUT2D eigenvalue weighted by Gasteiger charge is -2.33. The Hall–Kier alpha value is -4.80. The van der Waals surface area contributed by atoms with Crippen molar-refractivity contribution in [2.75, 3.05) is 19.6 Å².